The van der Waals surface area contributed by atoms with Crippen LogP contribution in [0.1, 0.15) is 24.3 Å². The average molecular weight is 540 g/mol. The van der Waals surface area contributed by atoms with Crippen LogP contribution in [0, 0.1) is 6.92 Å². The third-order valence-electron chi connectivity index (χ3n) is 6.34. The zero-order valence-electron chi connectivity index (χ0n) is 22.6. The summed E-state index contributed by atoms with van der Waals surface area (Å²) in [6.45, 7) is 6.71. The van der Waals surface area contributed by atoms with E-state index in [4.69, 9.17) is 25.2 Å². The zero-order valence-corrected chi connectivity index (χ0v) is 23.5. The lowest BCUT2D eigenvalue weighted by Crippen LogP contribution is -2.31. The molecule has 3 N–H and O–H groups in total. The van der Waals surface area contributed by atoms with Gasteiger partial charge in [-0.2, -0.15) is 0 Å². The first-order valence-electron chi connectivity index (χ1n) is 13.0. The molecule has 3 heterocycles. The van der Waals surface area contributed by atoms with E-state index in [-0.39, 0.29) is 12.1 Å². The van der Waals surface area contributed by atoms with E-state index >= 15 is 0 Å². The molecular weight excluding hydrogens is 506 g/mol. The SMILES string of the molecule is COc1cccc(OC(C)C)c1-c1c(C)sc2c(NC[C@@H](N)Cc3ccccc3)nc(-c3ccncc3)nc12. The molecule has 0 aliphatic rings. The van der Waals surface area contributed by atoms with Crippen molar-refractivity contribution < 1.29 is 9.47 Å². The molecule has 8 heteroatoms. The maximum Gasteiger partial charge on any atom is 0.162 e. The van der Waals surface area contributed by atoms with E-state index in [1.807, 2.05) is 62.4 Å². The molecule has 5 aromatic rings. The summed E-state index contributed by atoms with van der Waals surface area (Å²) in [5.74, 6) is 2.87. The second-order valence-corrected chi connectivity index (χ2v) is 10.9. The number of ether oxygens (including phenoxy) is 2. The Balaban J connectivity index is 1.62. The molecule has 5 rings (SSSR count). The number of rotatable bonds is 10. The Kier molecular flexibility index (Phi) is 8.05. The topological polar surface area (TPSA) is 95.2 Å². The second kappa shape index (κ2) is 11.8. The molecule has 3 aromatic heterocycles. The Morgan fingerprint density at radius 2 is 1.67 bits per heavy atom. The molecule has 0 fully saturated rings. The Hall–Kier alpha value is -4.01. The van der Waals surface area contributed by atoms with Gasteiger partial charge in [-0.1, -0.05) is 36.4 Å². The van der Waals surface area contributed by atoms with E-state index in [2.05, 4.69) is 29.4 Å². The zero-order chi connectivity index (χ0) is 27.4. The Morgan fingerprint density at radius 3 is 2.38 bits per heavy atom. The van der Waals surface area contributed by atoms with Crippen molar-refractivity contribution in [3.63, 3.8) is 0 Å². The number of hydrogen-bond donors (Lipinski definition) is 2. The standard InChI is InChI=1S/C31H33N5O2S/c1-19(2)38-25-12-8-11-24(37-4)27(25)26-20(3)39-29-28(26)35-30(22-13-15-33-16-14-22)36-31(29)34-18-23(32)17-21-9-6-5-7-10-21/h5-16,19,23H,17-18,32H2,1-4H3,(H,34,35,36)/t23-/m0/s1. The van der Waals surface area contributed by atoms with E-state index in [1.54, 1.807) is 30.8 Å². The van der Waals surface area contributed by atoms with Gasteiger partial charge in [0.15, 0.2) is 5.82 Å². The summed E-state index contributed by atoms with van der Waals surface area (Å²) in [4.78, 5) is 15.3. The Bertz CT molecular complexity index is 1550. The molecule has 39 heavy (non-hydrogen) atoms. The predicted molar refractivity (Wildman–Crippen MR) is 160 cm³/mol. The third kappa shape index (κ3) is 5.87. The van der Waals surface area contributed by atoms with Gasteiger partial charge in [0.1, 0.15) is 17.3 Å². The molecule has 2 aromatic carbocycles. The molecule has 0 unspecified atom stereocenters. The molecule has 0 radical (unpaired) electrons. The molecule has 200 valence electrons. The minimum absolute atomic E-state index is 0.00592. The number of hydrogen-bond acceptors (Lipinski definition) is 8. The van der Waals surface area contributed by atoms with Crippen molar-refractivity contribution in [3.05, 3.63) is 83.5 Å². The van der Waals surface area contributed by atoms with E-state index < -0.39 is 0 Å². The third-order valence-corrected chi connectivity index (χ3v) is 7.44. The van der Waals surface area contributed by atoms with Crippen molar-refractivity contribution in [2.75, 3.05) is 19.0 Å². The number of thiophene rings is 1. The van der Waals surface area contributed by atoms with Crippen LogP contribution >= 0.6 is 11.3 Å². The first kappa shape index (κ1) is 26.6. The van der Waals surface area contributed by atoms with E-state index in [1.165, 1.54) is 5.56 Å². The normalized spacial score (nSPS) is 12.1. The van der Waals surface area contributed by atoms with Crippen LogP contribution in [0.15, 0.2) is 73.1 Å². The van der Waals surface area contributed by atoms with E-state index in [0.29, 0.717) is 12.4 Å². The van der Waals surface area contributed by atoms with Crippen LogP contribution in [0.5, 0.6) is 11.5 Å². The van der Waals surface area contributed by atoms with Crippen molar-refractivity contribution in [3.8, 4) is 34.0 Å². The highest BCUT2D eigenvalue weighted by atomic mass is 32.1. The summed E-state index contributed by atoms with van der Waals surface area (Å²) in [5, 5.41) is 3.54. The number of benzene rings is 2. The molecule has 0 aliphatic carbocycles. The van der Waals surface area contributed by atoms with Gasteiger partial charge in [-0.05, 0) is 57.0 Å². The number of pyridine rings is 1. The van der Waals surface area contributed by atoms with Crippen LogP contribution < -0.4 is 20.5 Å². The fourth-order valence-electron chi connectivity index (χ4n) is 4.63. The molecule has 0 spiro atoms. The highest BCUT2D eigenvalue weighted by Gasteiger charge is 2.24. The van der Waals surface area contributed by atoms with Gasteiger partial charge in [0.05, 0.1) is 29.0 Å². The highest BCUT2D eigenvalue weighted by Crippen LogP contribution is 2.48. The first-order valence-corrected chi connectivity index (χ1v) is 13.8. The minimum atomic E-state index is -0.0809. The summed E-state index contributed by atoms with van der Waals surface area (Å²) in [6, 6.07) is 19.9. The van der Waals surface area contributed by atoms with Crippen molar-refractivity contribution in [2.45, 2.75) is 39.3 Å². The average Bonchev–Trinajstić information content (AvgIpc) is 3.27. The molecule has 0 saturated carbocycles. The van der Waals surface area contributed by atoms with Crippen LogP contribution in [-0.4, -0.2) is 40.8 Å². The minimum Gasteiger partial charge on any atom is -0.496 e. The quantitative estimate of drug-likeness (QED) is 0.209. The van der Waals surface area contributed by atoms with Crippen LogP contribution in [-0.2, 0) is 6.42 Å². The van der Waals surface area contributed by atoms with Gasteiger partial charge in [0.2, 0.25) is 0 Å². The lowest BCUT2D eigenvalue weighted by Gasteiger charge is -2.18. The van der Waals surface area contributed by atoms with Crippen molar-refractivity contribution in [1.82, 2.24) is 15.0 Å². The summed E-state index contributed by atoms with van der Waals surface area (Å²) in [6.07, 6.45) is 4.28. The van der Waals surface area contributed by atoms with Gasteiger partial charge in [-0.3, -0.25) is 4.98 Å². The van der Waals surface area contributed by atoms with Crippen LogP contribution in [0.2, 0.25) is 0 Å². The van der Waals surface area contributed by atoms with Crippen LogP contribution in [0.25, 0.3) is 32.7 Å². The largest absolute Gasteiger partial charge is 0.496 e. The smallest absolute Gasteiger partial charge is 0.162 e. The monoisotopic (exact) mass is 539 g/mol. The van der Waals surface area contributed by atoms with Crippen molar-refractivity contribution >= 4 is 27.4 Å². The van der Waals surface area contributed by atoms with Crippen LogP contribution in [0.4, 0.5) is 5.82 Å². The molecular formula is C31H33N5O2S. The number of anilines is 1. The molecule has 0 bridgehead atoms. The molecule has 0 amide bonds. The van der Waals surface area contributed by atoms with Gasteiger partial charge < -0.3 is 20.5 Å². The predicted octanol–water partition coefficient (Wildman–Crippen LogP) is 6.51. The van der Waals surface area contributed by atoms with Gasteiger partial charge in [0.25, 0.3) is 0 Å². The van der Waals surface area contributed by atoms with Gasteiger partial charge in [-0.25, -0.2) is 9.97 Å². The van der Waals surface area contributed by atoms with Crippen molar-refractivity contribution in [1.29, 1.82) is 0 Å². The number of methoxy groups -OCH3 is 1. The second-order valence-electron chi connectivity index (χ2n) is 9.67. The van der Waals surface area contributed by atoms with E-state index in [9.17, 15) is 0 Å². The first-order chi connectivity index (χ1) is 18.9. The molecule has 1 atom stereocenters. The van der Waals surface area contributed by atoms with Crippen molar-refractivity contribution in [2.24, 2.45) is 5.73 Å². The molecule has 7 nitrogen and oxygen atoms in total. The lowest BCUT2D eigenvalue weighted by molar-refractivity contribution is 0.242. The summed E-state index contributed by atoms with van der Waals surface area (Å²) in [7, 11) is 1.68. The summed E-state index contributed by atoms with van der Waals surface area (Å²) >= 11 is 1.65. The number of aryl methyl sites for hydroxylation is 1. The van der Waals surface area contributed by atoms with Crippen LogP contribution in [0.3, 0.4) is 0 Å². The van der Waals surface area contributed by atoms with Gasteiger partial charge in [-0.15, -0.1) is 11.3 Å². The summed E-state index contributed by atoms with van der Waals surface area (Å²) < 4.78 is 13.0. The maximum absolute atomic E-state index is 6.53. The highest BCUT2D eigenvalue weighted by molar-refractivity contribution is 7.20. The molecule has 0 saturated heterocycles. The number of aromatic nitrogens is 3. The fraction of sp³-hybridized carbons (Fsp3) is 0.258. The number of fused-ring (bicyclic) bond motifs is 1. The Morgan fingerprint density at radius 1 is 0.923 bits per heavy atom. The van der Waals surface area contributed by atoms with Gasteiger partial charge >= 0.3 is 0 Å². The lowest BCUT2D eigenvalue weighted by atomic mass is 10.0. The summed E-state index contributed by atoms with van der Waals surface area (Å²) in [5.41, 5.74) is 11.3. The fourth-order valence-corrected chi connectivity index (χ4v) is 5.69. The number of nitrogens with one attached hydrogen (secondary N) is 1. The Labute approximate surface area is 233 Å². The van der Waals surface area contributed by atoms with E-state index in [0.717, 1.165) is 55.5 Å². The van der Waals surface area contributed by atoms with Gasteiger partial charge in [0, 0.05) is 41.0 Å². The number of nitrogens with two attached hydrogens (primary N) is 1. The number of nitrogens with zero attached hydrogens (tertiary/aromatic N) is 3. The maximum atomic E-state index is 6.53. The molecule has 0 aliphatic heterocycles.